The molecule has 34 heavy (non-hydrogen) atoms. The van der Waals surface area contributed by atoms with E-state index in [-0.39, 0.29) is 11.3 Å². The second-order valence-electron chi connectivity index (χ2n) is 7.76. The van der Waals surface area contributed by atoms with Crippen molar-refractivity contribution in [3.63, 3.8) is 0 Å². The Labute approximate surface area is 200 Å². The SMILES string of the molecule is CCOc1cc(/C(O)=C2/C(=O)C(=O)N(c3cccc4ccccc34)C2c2ccco2)ccc1Cl. The molecule has 4 aromatic rings. The molecule has 1 unspecified atom stereocenters. The molecule has 1 amide bonds. The van der Waals surface area contributed by atoms with Gasteiger partial charge >= 0.3 is 0 Å². The number of amides is 1. The van der Waals surface area contributed by atoms with Crippen LogP contribution < -0.4 is 9.64 Å². The summed E-state index contributed by atoms with van der Waals surface area (Å²) in [6.45, 7) is 2.19. The van der Waals surface area contributed by atoms with E-state index in [1.54, 1.807) is 36.4 Å². The van der Waals surface area contributed by atoms with Crippen LogP contribution in [0.5, 0.6) is 5.75 Å². The minimum atomic E-state index is -0.952. The zero-order valence-corrected chi connectivity index (χ0v) is 19.0. The van der Waals surface area contributed by atoms with E-state index in [2.05, 4.69) is 0 Å². The molecule has 0 aliphatic carbocycles. The van der Waals surface area contributed by atoms with Crippen molar-refractivity contribution in [2.24, 2.45) is 0 Å². The second-order valence-corrected chi connectivity index (χ2v) is 8.17. The molecule has 0 saturated carbocycles. The van der Waals surface area contributed by atoms with Crippen LogP contribution in [0.4, 0.5) is 5.69 Å². The predicted octanol–water partition coefficient (Wildman–Crippen LogP) is 6.11. The lowest BCUT2D eigenvalue weighted by molar-refractivity contribution is -0.132. The first-order chi connectivity index (χ1) is 16.5. The monoisotopic (exact) mass is 473 g/mol. The van der Waals surface area contributed by atoms with E-state index in [9.17, 15) is 14.7 Å². The van der Waals surface area contributed by atoms with Gasteiger partial charge in [0.1, 0.15) is 23.3 Å². The van der Waals surface area contributed by atoms with E-state index in [0.717, 1.165) is 10.8 Å². The molecular weight excluding hydrogens is 454 g/mol. The summed E-state index contributed by atoms with van der Waals surface area (Å²) >= 11 is 6.19. The lowest BCUT2D eigenvalue weighted by Gasteiger charge is -2.24. The predicted molar refractivity (Wildman–Crippen MR) is 130 cm³/mol. The molecule has 5 rings (SSSR count). The molecule has 2 heterocycles. The van der Waals surface area contributed by atoms with Crippen molar-refractivity contribution in [1.29, 1.82) is 0 Å². The van der Waals surface area contributed by atoms with Crippen LogP contribution in [-0.2, 0) is 9.59 Å². The lowest BCUT2D eigenvalue weighted by atomic mass is 9.98. The van der Waals surface area contributed by atoms with Gasteiger partial charge in [0.2, 0.25) is 0 Å². The summed E-state index contributed by atoms with van der Waals surface area (Å²) in [6.07, 6.45) is 1.47. The van der Waals surface area contributed by atoms with Crippen molar-refractivity contribution < 1.29 is 23.8 Å². The fourth-order valence-corrected chi connectivity index (χ4v) is 4.46. The molecule has 1 aliphatic rings. The number of hydrogen-bond acceptors (Lipinski definition) is 5. The number of aliphatic hydroxyl groups is 1. The zero-order chi connectivity index (χ0) is 23.8. The average molecular weight is 474 g/mol. The summed E-state index contributed by atoms with van der Waals surface area (Å²) in [7, 11) is 0. The highest BCUT2D eigenvalue weighted by Crippen LogP contribution is 2.44. The van der Waals surface area contributed by atoms with Gasteiger partial charge in [-0.2, -0.15) is 0 Å². The van der Waals surface area contributed by atoms with Crippen LogP contribution in [-0.4, -0.2) is 23.4 Å². The number of halogens is 1. The van der Waals surface area contributed by atoms with Gasteiger partial charge < -0.3 is 14.3 Å². The summed E-state index contributed by atoms with van der Waals surface area (Å²) in [5.41, 5.74) is 0.782. The molecule has 1 fully saturated rings. The Morgan fingerprint density at radius 1 is 1.06 bits per heavy atom. The van der Waals surface area contributed by atoms with E-state index >= 15 is 0 Å². The van der Waals surface area contributed by atoms with Gasteiger partial charge in [0, 0.05) is 10.9 Å². The highest BCUT2D eigenvalue weighted by Gasteiger charge is 2.48. The fraction of sp³-hybridized carbons (Fsp3) is 0.111. The maximum atomic E-state index is 13.4. The first-order valence-corrected chi connectivity index (χ1v) is 11.1. The first-order valence-electron chi connectivity index (χ1n) is 10.8. The normalized spacial score (nSPS) is 17.5. The van der Waals surface area contributed by atoms with E-state index in [1.807, 2.05) is 43.3 Å². The lowest BCUT2D eigenvalue weighted by Crippen LogP contribution is -2.29. The van der Waals surface area contributed by atoms with Gasteiger partial charge in [-0.25, -0.2) is 0 Å². The van der Waals surface area contributed by atoms with Crippen LogP contribution >= 0.6 is 11.6 Å². The smallest absolute Gasteiger partial charge is 0.300 e. The van der Waals surface area contributed by atoms with Gasteiger partial charge in [-0.15, -0.1) is 0 Å². The van der Waals surface area contributed by atoms with Gasteiger partial charge in [0.15, 0.2) is 0 Å². The van der Waals surface area contributed by atoms with E-state index in [0.29, 0.717) is 34.4 Å². The van der Waals surface area contributed by atoms with Crippen molar-refractivity contribution in [3.8, 4) is 5.75 Å². The van der Waals surface area contributed by atoms with Crippen LogP contribution in [0.1, 0.15) is 24.3 Å². The number of nitrogens with zero attached hydrogens (tertiary/aromatic N) is 1. The number of carbonyl (C=O) groups excluding carboxylic acids is 2. The molecule has 0 spiro atoms. The summed E-state index contributed by atoms with van der Waals surface area (Å²) in [5.74, 6) is -1.17. The van der Waals surface area contributed by atoms with Crippen LogP contribution in [0.2, 0.25) is 5.02 Å². The first kappa shape index (κ1) is 21.8. The topological polar surface area (TPSA) is 80.0 Å². The third-order valence-electron chi connectivity index (χ3n) is 5.79. The number of carbonyl (C=O) groups is 2. The molecule has 170 valence electrons. The summed E-state index contributed by atoms with van der Waals surface area (Å²) in [4.78, 5) is 28.1. The number of furan rings is 1. The van der Waals surface area contributed by atoms with E-state index in [4.69, 9.17) is 20.8 Å². The molecule has 3 aromatic carbocycles. The van der Waals surface area contributed by atoms with Gasteiger partial charge in [0.25, 0.3) is 11.7 Å². The number of ether oxygens (including phenoxy) is 1. The maximum absolute atomic E-state index is 13.4. The highest BCUT2D eigenvalue weighted by atomic mass is 35.5. The van der Waals surface area contributed by atoms with E-state index < -0.39 is 17.7 Å². The number of aliphatic hydroxyl groups excluding tert-OH is 1. The molecule has 1 aliphatic heterocycles. The zero-order valence-electron chi connectivity index (χ0n) is 18.2. The van der Waals surface area contributed by atoms with Gasteiger partial charge in [0.05, 0.1) is 29.2 Å². The Morgan fingerprint density at radius 3 is 2.62 bits per heavy atom. The Morgan fingerprint density at radius 2 is 1.85 bits per heavy atom. The Balaban J connectivity index is 1.73. The molecule has 6 nitrogen and oxygen atoms in total. The number of hydrogen-bond donors (Lipinski definition) is 1. The van der Waals surface area contributed by atoms with Gasteiger partial charge in [-0.05, 0) is 48.7 Å². The Bertz CT molecular complexity index is 1440. The molecule has 1 N–H and O–H groups in total. The number of Topliss-reactive ketones (excluding diaryl/α,β-unsaturated/α-hetero) is 1. The third-order valence-corrected chi connectivity index (χ3v) is 6.10. The molecule has 1 atom stereocenters. The minimum absolute atomic E-state index is 0.0716. The summed E-state index contributed by atoms with van der Waals surface area (Å²) < 4.78 is 11.2. The standard InChI is InChI=1S/C27H20ClNO5/c1-2-33-22-15-17(12-13-19(22)28)25(30)23-24(21-11-6-14-34-21)29(27(32)26(23)31)20-10-5-8-16-7-3-4-9-18(16)20/h3-15,24,30H,2H2,1H3/b25-23-. The molecule has 0 radical (unpaired) electrons. The van der Waals surface area contributed by atoms with Crippen LogP contribution in [0.3, 0.4) is 0 Å². The molecule has 7 heteroatoms. The van der Waals surface area contributed by atoms with Crippen molar-refractivity contribution in [2.75, 3.05) is 11.5 Å². The van der Waals surface area contributed by atoms with Gasteiger partial charge in [-0.3, -0.25) is 14.5 Å². The van der Waals surface area contributed by atoms with Crippen molar-refractivity contribution in [1.82, 2.24) is 0 Å². The Hall–Kier alpha value is -4.03. The number of ketones is 1. The number of benzene rings is 3. The number of rotatable bonds is 5. The van der Waals surface area contributed by atoms with Crippen molar-refractivity contribution >= 4 is 45.5 Å². The van der Waals surface area contributed by atoms with Crippen molar-refractivity contribution in [3.05, 3.63) is 101 Å². The van der Waals surface area contributed by atoms with Crippen LogP contribution in [0.15, 0.2) is 89.0 Å². The molecular formula is C27H20ClNO5. The number of fused-ring (bicyclic) bond motifs is 1. The minimum Gasteiger partial charge on any atom is -0.507 e. The Kier molecular flexibility index (Phi) is 5.59. The number of anilines is 1. The largest absolute Gasteiger partial charge is 0.507 e. The average Bonchev–Trinajstić information content (AvgIpc) is 3.47. The van der Waals surface area contributed by atoms with Crippen LogP contribution in [0.25, 0.3) is 16.5 Å². The molecule has 1 saturated heterocycles. The highest BCUT2D eigenvalue weighted by molar-refractivity contribution is 6.52. The fourth-order valence-electron chi connectivity index (χ4n) is 4.29. The van der Waals surface area contributed by atoms with Crippen molar-refractivity contribution in [2.45, 2.75) is 13.0 Å². The second kappa shape index (κ2) is 8.72. The molecule has 0 bridgehead atoms. The van der Waals surface area contributed by atoms with Crippen LogP contribution in [0, 0.1) is 0 Å². The maximum Gasteiger partial charge on any atom is 0.300 e. The summed E-state index contributed by atoms with van der Waals surface area (Å²) in [5, 5.41) is 13.4. The third kappa shape index (κ3) is 3.53. The quantitative estimate of drug-likeness (QED) is 0.215. The molecule has 1 aromatic heterocycles. The van der Waals surface area contributed by atoms with Gasteiger partial charge in [-0.1, -0.05) is 48.0 Å². The summed E-state index contributed by atoms with van der Waals surface area (Å²) in [6, 6.07) is 20.2. The van der Waals surface area contributed by atoms with E-state index in [1.165, 1.54) is 11.2 Å².